The Balaban J connectivity index is 2.46. The van der Waals surface area contributed by atoms with Crippen LogP contribution in [0.2, 0.25) is 0 Å². The van der Waals surface area contributed by atoms with Crippen LogP contribution in [0.3, 0.4) is 0 Å². The molecule has 4 nitrogen and oxygen atoms in total. The molecule has 0 spiro atoms. The number of carbonyl (C=O) groups is 1. The van der Waals surface area contributed by atoms with Crippen LogP contribution in [0.15, 0.2) is 0 Å². The highest BCUT2D eigenvalue weighted by Gasteiger charge is 2.34. The number of hydrogen-bond acceptors (Lipinski definition) is 4. The topological polar surface area (TPSA) is 58.6 Å². The van der Waals surface area contributed by atoms with Gasteiger partial charge in [-0.15, -0.1) is 0 Å². The number of rotatable bonds is 4. The first-order valence-corrected chi connectivity index (χ1v) is 6.84. The SMILES string of the molecule is CC1CCCC(CO)(NCC(=O)OC(C)(C)C)C1. The van der Waals surface area contributed by atoms with E-state index in [1.54, 1.807) is 0 Å². The van der Waals surface area contributed by atoms with E-state index in [1.807, 2.05) is 20.8 Å². The van der Waals surface area contributed by atoms with Crippen LogP contribution in [0.1, 0.15) is 53.4 Å². The lowest BCUT2D eigenvalue weighted by Gasteiger charge is -2.39. The van der Waals surface area contributed by atoms with Gasteiger partial charge in [-0.1, -0.05) is 19.8 Å². The van der Waals surface area contributed by atoms with Crippen molar-refractivity contribution in [2.24, 2.45) is 5.92 Å². The number of nitrogens with one attached hydrogen (secondary N) is 1. The first kappa shape index (κ1) is 15.4. The summed E-state index contributed by atoms with van der Waals surface area (Å²) in [5.41, 5.74) is -0.750. The lowest BCUT2D eigenvalue weighted by atomic mass is 9.77. The second kappa shape index (κ2) is 6.02. The number of ether oxygens (including phenoxy) is 1. The summed E-state index contributed by atoms with van der Waals surface area (Å²) >= 11 is 0. The maximum absolute atomic E-state index is 11.7. The number of esters is 1. The lowest BCUT2D eigenvalue weighted by Crippen LogP contribution is -2.53. The number of hydrogen-bond donors (Lipinski definition) is 2. The van der Waals surface area contributed by atoms with Crippen LogP contribution >= 0.6 is 0 Å². The Morgan fingerprint density at radius 3 is 2.67 bits per heavy atom. The molecule has 1 saturated carbocycles. The van der Waals surface area contributed by atoms with Crippen molar-refractivity contribution in [2.75, 3.05) is 13.2 Å². The highest BCUT2D eigenvalue weighted by Crippen LogP contribution is 2.31. The third-order valence-corrected chi connectivity index (χ3v) is 3.42. The molecular weight excluding hydrogens is 230 g/mol. The fourth-order valence-corrected chi connectivity index (χ4v) is 2.66. The molecule has 0 aromatic heterocycles. The Morgan fingerprint density at radius 1 is 1.50 bits per heavy atom. The Hall–Kier alpha value is -0.610. The molecular formula is C14H27NO3. The van der Waals surface area contributed by atoms with E-state index in [2.05, 4.69) is 12.2 Å². The monoisotopic (exact) mass is 257 g/mol. The molecule has 1 rings (SSSR count). The van der Waals surface area contributed by atoms with Crippen LogP contribution in [-0.2, 0) is 9.53 Å². The van der Waals surface area contributed by atoms with Gasteiger partial charge in [0.25, 0.3) is 0 Å². The van der Waals surface area contributed by atoms with Gasteiger partial charge in [-0.05, 0) is 39.5 Å². The van der Waals surface area contributed by atoms with Crippen molar-refractivity contribution in [3.8, 4) is 0 Å². The van der Waals surface area contributed by atoms with Crippen LogP contribution in [0.25, 0.3) is 0 Å². The molecule has 0 radical (unpaired) electrons. The summed E-state index contributed by atoms with van der Waals surface area (Å²) in [5, 5.41) is 12.8. The molecule has 0 bridgehead atoms. The molecule has 4 heteroatoms. The van der Waals surface area contributed by atoms with Crippen molar-refractivity contribution >= 4 is 5.97 Å². The van der Waals surface area contributed by atoms with Crippen LogP contribution in [-0.4, -0.2) is 35.4 Å². The van der Waals surface area contributed by atoms with Gasteiger partial charge >= 0.3 is 5.97 Å². The maximum atomic E-state index is 11.7. The van der Waals surface area contributed by atoms with Gasteiger partial charge in [-0.2, -0.15) is 0 Å². The molecule has 1 aliphatic rings. The van der Waals surface area contributed by atoms with Gasteiger partial charge in [0.05, 0.1) is 13.2 Å². The Morgan fingerprint density at radius 2 is 2.17 bits per heavy atom. The Bertz CT molecular complexity index is 285. The van der Waals surface area contributed by atoms with E-state index in [0.717, 1.165) is 19.3 Å². The average molecular weight is 257 g/mol. The quantitative estimate of drug-likeness (QED) is 0.755. The molecule has 18 heavy (non-hydrogen) atoms. The molecule has 0 aliphatic heterocycles. The van der Waals surface area contributed by atoms with Crippen LogP contribution in [0.4, 0.5) is 0 Å². The highest BCUT2D eigenvalue weighted by molar-refractivity contribution is 5.72. The Kier molecular flexibility index (Phi) is 5.17. The van der Waals surface area contributed by atoms with Gasteiger partial charge < -0.3 is 9.84 Å². The second-order valence-electron chi connectivity index (χ2n) is 6.58. The van der Waals surface area contributed by atoms with E-state index < -0.39 is 5.60 Å². The minimum atomic E-state index is -0.453. The third kappa shape index (κ3) is 4.94. The Labute approximate surface area is 110 Å². The van der Waals surface area contributed by atoms with Gasteiger partial charge in [-0.3, -0.25) is 10.1 Å². The molecule has 106 valence electrons. The van der Waals surface area contributed by atoms with Crippen LogP contribution < -0.4 is 5.32 Å². The zero-order chi connectivity index (χ0) is 13.8. The molecule has 2 atom stereocenters. The van der Waals surface area contributed by atoms with E-state index in [9.17, 15) is 9.90 Å². The molecule has 0 amide bonds. The van der Waals surface area contributed by atoms with Gasteiger partial charge in [0.15, 0.2) is 0 Å². The largest absolute Gasteiger partial charge is 0.459 e. The van der Waals surface area contributed by atoms with Crippen molar-refractivity contribution in [2.45, 2.75) is 64.5 Å². The highest BCUT2D eigenvalue weighted by atomic mass is 16.6. The van der Waals surface area contributed by atoms with Crippen molar-refractivity contribution in [1.82, 2.24) is 5.32 Å². The third-order valence-electron chi connectivity index (χ3n) is 3.42. The summed E-state index contributed by atoms with van der Waals surface area (Å²) in [6.45, 7) is 8.02. The van der Waals surface area contributed by atoms with E-state index >= 15 is 0 Å². The van der Waals surface area contributed by atoms with E-state index in [1.165, 1.54) is 6.42 Å². The summed E-state index contributed by atoms with van der Waals surface area (Å²) in [4.78, 5) is 11.7. The zero-order valence-corrected chi connectivity index (χ0v) is 12.1. The fourth-order valence-electron chi connectivity index (χ4n) is 2.66. The van der Waals surface area contributed by atoms with Gasteiger partial charge in [0, 0.05) is 5.54 Å². The minimum Gasteiger partial charge on any atom is -0.459 e. The lowest BCUT2D eigenvalue weighted by molar-refractivity contribution is -0.154. The normalized spacial score (nSPS) is 29.1. The van der Waals surface area contributed by atoms with Crippen molar-refractivity contribution in [3.05, 3.63) is 0 Å². The van der Waals surface area contributed by atoms with E-state index in [4.69, 9.17) is 4.74 Å². The molecule has 2 unspecified atom stereocenters. The summed E-state index contributed by atoms with van der Waals surface area (Å²) in [7, 11) is 0. The molecule has 0 saturated heterocycles. The van der Waals surface area contributed by atoms with E-state index in [0.29, 0.717) is 5.92 Å². The first-order valence-electron chi connectivity index (χ1n) is 6.84. The van der Waals surface area contributed by atoms with Gasteiger partial charge in [0.1, 0.15) is 5.60 Å². The predicted octanol–water partition coefficient (Wildman–Crippen LogP) is 1.86. The van der Waals surface area contributed by atoms with Gasteiger partial charge in [0.2, 0.25) is 0 Å². The standard InChI is InChI=1S/C14H27NO3/c1-11-6-5-7-14(8-11,10-16)15-9-12(17)18-13(2,3)4/h11,15-16H,5-10H2,1-4H3. The number of aliphatic hydroxyl groups excluding tert-OH is 1. The van der Waals surface area contributed by atoms with Gasteiger partial charge in [-0.25, -0.2) is 0 Å². The molecule has 0 aromatic carbocycles. The second-order valence-corrected chi connectivity index (χ2v) is 6.58. The molecule has 1 fully saturated rings. The molecule has 2 N–H and O–H groups in total. The van der Waals surface area contributed by atoms with Crippen molar-refractivity contribution in [1.29, 1.82) is 0 Å². The van der Waals surface area contributed by atoms with Crippen LogP contribution in [0.5, 0.6) is 0 Å². The smallest absolute Gasteiger partial charge is 0.320 e. The van der Waals surface area contributed by atoms with Crippen molar-refractivity contribution < 1.29 is 14.6 Å². The first-order chi connectivity index (χ1) is 8.26. The summed E-state index contributed by atoms with van der Waals surface area (Å²) < 4.78 is 5.26. The van der Waals surface area contributed by atoms with Crippen LogP contribution in [0, 0.1) is 5.92 Å². The molecule has 1 aliphatic carbocycles. The molecule has 0 heterocycles. The summed E-state index contributed by atoms with van der Waals surface area (Å²) in [6, 6.07) is 0. The minimum absolute atomic E-state index is 0.0835. The predicted molar refractivity (Wildman–Crippen MR) is 71.3 cm³/mol. The van der Waals surface area contributed by atoms with E-state index in [-0.39, 0.29) is 24.7 Å². The average Bonchev–Trinajstić information content (AvgIpc) is 2.24. The fraction of sp³-hybridized carbons (Fsp3) is 0.929. The molecule has 0 aromatic rings. The van der Waals surface area contributed by atoms with Crippen molar-refractivity contribution in [3.63, 3.8) is 0 Å². The summed E-state index contributed by atoms with van der Waals surface area (Å²) in [6.07, 6.45) is 4.15. The zero-order valence-electron chi connectivity index (χ0n) is 12.1. The number of aliphatic hydroxyl groups is 1. The number of carbonyl (C=O) groups excluding carboxylic acids is 1. The summed E-state index contributed by atoms with van der Waals surface area (Å²) in [5.74, 6) is 0.339. The maximum Gasteiger partial charge on any atom is 0.320 e.